The Morgan fingerprint density at radius 1 is 1.02 bits per heavy atom. The van der Waals surface area contributed by atoms with E-state index in [2.05, 4.69) is 25.5 Å². The van der Waals surface area contributed by atoms with Gasteiger partial charge in [-0.1, -0.05) is 13.8 Å². The average molecular weight is 562 g/mol. The second kappa shape index (κ2) is 12.0. The molecule has 0 spiro atoms. The first-order chi connectivity index (χ1) is 18.6. The molecule has 0 unspecified atom stereocenters. The molecule has 40 heavy (non-hydrogen) atoms. The van der Waals surface area contributed by atoms with Gasteiger partial charge in [0.25, 0.3) is 5.91 Å². The molecule has 2 aromatic rings. The van der Waals surface area contributed by atoms with Crippen molar-refractivity contribution >= 4 is 29.3 Å². The van der Waals surface area contributed by atoms with E-state index in [1.165, 1.54) is 0 Å². The van der Waals surface area contributed by atoms with E-state index in [9.17, 15) is 22.8 Å². The van der Waals surface area contributed by atoms with Gasteiger partial charge >= 0.3 is 6.18 Å². The van der Waals surface area contributed by atoms with Crippen LogP contribution in [0.1, 0.15) is 55.5 Å². The zero-order valence-electron chi connectivity index (χ0n) is 22.2. The van der Waals surface area contributed by atoms with Gasteiger partial charge in [-0.3, -0.25) is 9.59 Å². The molecule has 12 heteroatoms. The Hall–Kier alpha value is -3.41. The van der Waals surface area contributed by atoms with Gasteiger partial charge in [-0.05, 0) is 57.0 Å². The van der Waals surface area contributed by atoms with Gasteiger partial charge in [0, 0.05) is 62.8 Å². The lowest BCUT2D eigenvalue weighted by Crippen LogP contribution is -2.47. The fourth-order valence-corrected chi connectivity index (χ4v) is 5.28. The highest BCUT2D eigenvalue weighted by Gasteiger charge is 2.41. The summed E-state index contributed by atoms with van der Waals surface area (Å²) in [5.41, 5.74) is 0.0966. The number of piperazine rings is 1. The minimum atomic E-state index is -4.66. The van der Waals surface area contributed by atoms with E-state index < -0.39 is 23.7 Å². The van der Waals surface area contributed by atoms with Crippen molar-refractivity contribution in [1.29, 1.82) is 0 Å². The third kappa shape index (κ3) is 6.65. The first-order valence-electron chi connectivity index (χ1n) is 13.4. The smallest absolute Gasteiger partial charge is 0.366 e. The molecule has 3 fully saturated rings. The number of nitrogens with zero attached hydrogens (tertiary/aromatic N) is 5. The van der Waals surface area contributed by atoms with Crippen LogP contribution < -0.4 is 10.6 Å². The largest absolute Gasteiger partial charge is 0.421 e. The van der Waals surface area contributed by atoms with Crippen LogP contribution in [0.2, 0.25) is 0 Å². The van der Waals surface area contributed by atoms with E-state index in [-0.39, 0.29) is 37.0 Å². The van der Waals surface area contributed by atoms with Gasteiger partial charge in [0.2, 0.25) is 11.9 Å². The van der Waals surface area contributed by atoms with Crippen LogP contribution in [-0.2, 0) is 11.0 Å². The topological polar surface area (TPSA) is 93.7 Å². The minimum absolute atomic E-state index is 0. The molecule has 2 atom stereocenters. The van der Waals surface area contributed by atoms with Crippen LogP contribution in [0.5, 0.6) is 0 Å². The normalized spacial score (nSPS) is 21.5. The lowest BCUT2D eigenvalue weighted by atomic mass is 10.0. The molecule has 9 nitrogen and oxygen atoms in total. The molecular formula is C28H38F3N7O2. The van der Waals surface area contributed by atoms with Gasteiger partial charge in [-0.2, -0.15) is 18.2 Å². The fraction of sp³-hybridized carbons (Fsp3) is 0.571. The molecule has 2 N–H and O–H groups in total. The minimum Gasteiger partial charge on any atom is -0.366 e. The summed E-state index contributed by atoms with van der Waals surface area (Å²) in [5.74, 6) is -0.840. The summed E-state index contributed by atoms with van der Waals surface area (Å²) >= 11 is 0. The number of halogens is 3. The number of carbonyl (C=O) groups excluding carboxylic acids is 2. The van der Waals surface area contributed by atoms with Crippen LogP contribution in [0.3, 0.4) is 0 Å². The van der Waals surface area contributed by atoms with Crippen LogP contribution in [0.4, 0.5) is 30.6 Å². The predicted molar refractivity (Wildman–Crippen MR) is 147 cm³/mol. The summed E-state index contributed by atoms with van der Waals surface area (Å²) < 4.78 is 41.5. The Kier molecular flexibility index (Phi) is 8.86. The Morgan fingerprint density at radius 2 is 1.70 bits per heavy atom. The van der Waals surface area contributed by atoms with Crippen molar-refractivity contribution in [2.24, 2.45) is 5.92 Å². The zero-order valence-corrected chi connectivity index (χ0v) is 22.2. The molecule has 0 radical (unpaired) electrons. The maximum Gasteiger partial charge on any atom is 0.421 e. The Balaban J connectivity index is 0.00000370. The van der Waals surface area contributed by atoms with Gasteiger partial charge in [0.05, 0.1) is 5.92 Å². The Labute approximate surface area is 233 Å². The Morgan fingerprint density at radius 3 is 2.33 bits per heavy atom. The van der Waals surface area contributed by atoms with E-state index >= 15 is 0 Å². The van der Waals surface area contributed by atoms with Crippen LogP contribution in [0.15, 0.2) is 30.5 Å². The van der Waals surface area contributed by atoms with E-state index in [0.29, 0.717) is 37.2 Å². The van der Waals surface area contributed by atoms with Crippen molar-refractivity contribution in [2.75, 3.05) is 50.9 Å². The highest BCUT2D eigenvalue weighted by molar-refractivity contribution is 5.94. The van der Waals surface area contributed by atoms with Crippen molar-refractivity contribution in [3.8, 4) is 0 Å². The number of carbonyl (C=O) groups is 2. The van der Waals surface area contributed by atoms with Crippen LogP contribution in [-0.4, -0.2) is 88.8 Å². The van der Waals surface area contributed by atoms with Crippen molar-refractivity contribution in [2.45, 2.75) is 57.8 Å². The molecule has 1 aliphatic heterocycles. The number of rotatable bonds is 7. The van der Waals surface area contributed by atoms with Gasteiger partial charge in [0.1, 0.15) is 11.4 Å². The van der Waals surface area contributed by atoms with E-state index in [1.807, 2.05) is 11.9 Å². The van der Waals surface area contributed by atoms with Gasteiger partial charge in [-0.25, -0.2) is 4.98 Å². The van der Waals surface area contributed by atoms with Gasteiger partial charge < -0.3 is 25.3 Å². The van der Waals surface area contributed by atoms with Crippen molar-refractivity contribution in [1.82, 2.24) is 24.7 Å². The predicted octanol–water partition coefficient (Wildman–Crippen LogP) is 4.46. The number of aromatic nitrogens is 2. The van der Waals surface area contributed by atoms with E-state index in [4.69, 9.17) is 0 Å². The van der Waals surface area contributed by atoms with Crippen molar-refractivity contribution in [3.63, 3.8) is 0 Å². The monoisotopic (exact) mass is 561 g/mol. The van der Waals surface area contributed by atoms with Crippen molar-refractivity contribution < 1.29 is 22.8 Å². The molecule has 2 saturated carbocycles. The van der Waals surface area contributed by atoms with Crippen LogP contribution in [0.25, 0.3) is 0 Å². The molecule has 2 amide bonds. The molecule has 1 aromatic carbocycles. The summed E-state index contributed by atoms with van der Waals surface area (Å²) in [5, 5.41) is 5.88. The highest BCUT2D eigenvalue weighted by atomic mass is 19.4. The Bertz CT molecular complexity index is 1200. The summed E-state index contributed by atoms with van der Waals surface area (Å²) in [6.45, 7) is 2.96. The molecule has 1 aromatic heterocycles. The summed E-state index contributed by atoms with van der Waals surface area (Å²) in [6.07, 6.45) is 0.00386. The summed E-state index contributed by atoms with van der Waals surface area (Å²) in [7, 11) is 3.79. The molecular weight excluding hydrogens is 523 g/mol. The highest BCUT2D eigenvalue weighted by Crippen LogP contribution is 2.38. The van der Waals surface area contributed by atoms with Gasteiger partial charge in [0.15, 0.2) is 0 Å². The lowest BCUT2D eigenvalue weighted by molar-refractivity contribution is -0.137. The quantitative estimate of drug-likeness (QED) is 0.516. The van der Waals surface area contributed by atoms with Gasteiger partial charge in [-0.15, -0.1) is 0 Å². The standard InChI is InChI=1S/C27H34F3N7O2.CH4/c1-35-12-14-37(15-13-35)24(38)17-6-8-18(9-7-17)32-26-31-16-21(27(28,29)30)23(34-26)33-22-5-3-4-20(22)25(39)36(2)19-10-11-19;/h6-9,16,19-20,22H,3-5,10-15H2,1-2H3,(H2,31,32,33,34);1H4/t20-,22+;/m0./s1. The van der Waals surface area contributed by atoms with E-state index in [0.717, 1.165) is 38.5 Å². The second-order valence-electron chi connectivity index (χ2n) is 10.7. The van der Waals surface area contributed by atoms with Crippen molar-refractivity contribution in [3.05, 3.63) is 41.6 Å². The van der Waals surface area contributed by atoms with Crippen LogP contribution >= 0.6 is 0 Å². The number of nitrogens with one attached hydrogen (secondary N) is 2. The maximum atomic E-state index is 13.8. The molecule has 0 bridgehead atoms. The molecule has 3 aliphatic rings. The first kappa shape index (κ1) is 29.6. The first-order valence-corrected chi connectivity index (χ1v) is 13.4. The SMILES string of the molecule is C.CN1CCN(C(=O)c2ccc(Nc3ncc(C(F)(F)F)c(N[C@@H]4CCC[C@@H]4C(=O)N(C)C4CC4)n3)cc2)CC1. The number of hydrogen-bond acceptors (Lipinski definition) is 7. The molecule has 1 saturated heterocycles. The number of likely N-dealkylation sites (N-methyl/N-ethyl adjacent to an activating group) is 1. The molecule has 2 heterocycles. The average Bonchev–Trinajstić information content (AvgIpc) is 3.66. The number of benzene rings is 1. The molecule has 2 aliphatic carbocycles. The molecule has 218 valence electrons. The maximum absolute atomic E-state index is 13.8. The van der Waals surface area contributed by atoms with Crippen LogP contribution in [0, 0.1) is 5.92 Å². The lowest BCUT2D eigenvalue weighted by Gasteiger charge is -2.32. The molecule has 5 rings (SSSR count). The second-order valence-corrected chi connectivity index (χ2v) is 10.7. The third-order valence-corrected chi connectivity index (χ3v) is 7.87. The summed E-state index contributed by atoms with van der Waals surface area (Å²) in [6, 6.07) is 6.51. The van der Waals surface area contributed by atoms with E-state index in [1.54, 1.807) is 36.2 Å². The fourth-order valence-electron chi connectivity index (χ4n) is 5.28. The number of hydrogen-bond donors (Lipinski definition) is 2. The number of anilines is 3. The third-order valence-electron chi connectivity index (χ3n) is 7.87. The summed E-state index contributed by atoms with van der Waals surface area (Å²) in [4.78, 5) is 39.6. The number of amides is 2. The number of alkyl halides is 3. The zero-order chi connectivity index (χ0) is 27.7.